The van der Waals surface area contributed by atoms with Crippen LogP contribution >= 0.6 is 27.3 Å². The fraction of sp³-hybridized carbons (Fsp3) is 0.429. The van der Waals surface area contributed by atoms with Gasteiger partial charge in [0.25, 0.3) is 0 Å². The third kappa shape index (κ3) is 3.05. The van der Waals surface area contributed by atoms with Crippen LogP contribution in [0, 0.1) is 13.8 Å². The van der Waals surface area contributed by atoms with E-state index in [9.17, 15) is 0 Å². The molecule has 0 aliphatic rings. The van der Waals surface area contributed by atoms with Crippen molar-refractivity contribution in [3.05, 3.63) is 43.9 Å². The highest BCUT2D eigenvalue weighted by Crippen LogP contribution is 2.28. The predicted molar refractivity (Wildman–Crippen MR) is 80.2 cm³/mol. The van der Waals surface area contributed by atoms with Crippen LogP contribution in [-0.4, -0.2) is 0 Å². The van der Waals surface area contributed by atoms with Crippen molar-refractivity contribution in [2.45, 2.75) is 39.8 Å². The number of nitrogens with one attached hydrogen (secondary N) is 1. The van der Waals surface area contributed by atoms with Crippen LogP contribution in [-0.2, 0) is 0 Å². The molecule has 2 heterocycles. The molecule has 0 bridgehead atoms. The zero-order valence-electron chi connectivity index (χ0n) is 11.1. The molecule has 2 nitrogen and oxygen atoms in total. The molecule has 0 aliphatic heterocycles. The molecule has 4 heteroatoms. The topological polar surface area (TPSA) is 25.2 Å². The highest BCUT2D eigenvalue weighted by Gasteiger charge is 2.16. The third-order valence-electron chi connectivity index (χ3n) is 3.06. The van der Waals surface area contributed by atoms with Crippen molar-refractivity contribution >= 4 is 27.3 Å². The summed E-state index contributed by atoms with van der Waals surface area (Å²) in [6, 6.07) is 4.91. The van der Waals surface area contributed by atoms with Crippen molar-refractivity contribution in [3.8, 4) is 0 Å². The molecule has 0 aliphatic carbocycles. The fourth-order valence-electron chi connectivity index (χ4n) is 2.18. The van der Waals surface area contributed by atoms with E-state index in [1.807, 2.05) is 13.8 Å². The van der Waals surface area contributed by atoms with Crippen LogP contribution in [0.2, 0.25) is 0 Å². The quantitative estimate of drug-likeness (QED) is 0.841. The molecule has 1 N–H and O–H groups in total. The van der Waals surface area contributed by atoms with E-state index in [4.69, 9.17) is 4.42 Å². The summed E-state index contributed by atoms with van der Waals surface area (Å²) in [5.41, 5.74) is 1.25. The summed E-state index contributed by atoms with van der Waals surface area (Å²) in [5, 5.41) is 5.73. The van der Waals surface area contributed by atoms with Gasteiger partial charge in [-0.3, -0.25) is 0 Å². The molecule has 98 valence electrons. The van der Waals surface area contributed by atoms with E-state index in [-0.39, 0.29) is 0 Å². The van der Waals surface area contributed by atoms with Crippen molar-refractivity contribution in [3.63, 3.8) is 0 Å². The molecule has 2 rings (SSSR count). The van der Waals surface area contributed by atoms with Crippen molar-refractivity contribution in [1.29, 1.82) is 0 Å². The van der Waals surface area contributed by atoms with Gasteiger partial charge in [0.15, 0.2) is 0 Å². The number of rotatable bonds is 4. The molecule has 0 saturated heterocycles. The maximum absolute atomic E-state index is 5.58. The first-order chi connectivity index (χ1) is 8.47. The molecule has 0 radical (unpaired) electrons. The van der Waals surface area contributed by atoms with Crippen LogP contribution in [0.3, 0.4) is 0 Å². The monoisotopic (exact) mass is 327 g/mol. The van der Waals surface area contributed by atoms with E-state index in [2.05, 4.69) is 52.6 Å². The first kappa shape index (κ1) is 13.8. The van der Waals surface area contributed by atoms with Gasteiger partial charge in [-0.05, 0) is 55.8 Å². The Morgan fingerprint density at radius 3 is 2.44 bits per heavy atom. The minimum atomic E-state index is 0.290. The maximum atomic E-state index is 5.58. The summed E-state index contributed by atoms with van der Waals surface area (Å²) in [4.78, 5) is 1.34. The normalized spacial score (nSPS) is 14.7. The van der Waals surface area contributed by atoms with E-state index in [1.165, 1.54) is 10.4 Å². The standard InChI is InChI=1S/C14H18BrNOS/c1-8-5-13(11(4)17-8)9(2)16-10(3)14-6-12(15)7-18-14/h5-7,9-10,16H,1-4H3. The first-order valence-electron chi connectivity index (χ1n) is 6.04. The second-order valence-corrected chi connectivity index (χ2v) is 6.50. The summed E-state index contributed by atoms with van der Waals surface area (Å²) in [7, 11) is 0. The van der Waals surface area contributed by atoms with Crippen LogP contribution in [0.5, 0.6) is 0 Å². The summed E-state index contributed by atoms with van der Waals surface area (Å²) in [5.74, 6) is 1.98. The Morgan fingerprint density at radius 1 is 1.22 bits per heavy atom. The van der Waals surface area contributed by atoms with Crippen molar-refractivity contribution in [2.75, 3.05) is 0 Å². The van der Waals surface area contributed by atoms with Gasteiger partial charge in [-0.1, -0.05) is 0 Å². The summed E-state index contributed by atoms with van der Waals surface area (Å²) >= 11 is 5.27. The minimum absolute atomic E-state index is 0.290. The SMILES string of the molecule is Cc1cc(C(C)NC(C)c2cc(Br)cs2)c(C)o1. The molecule has 2 unspecified atom stereocenters. The summed E-state index contributed by atoms with van der Waals surface area (Å²) < 4.78 is 6.73. The molecule has 0 aromatic carbocycles. The van der Waals surface area contributed by atoms with Gasteiger partial charge in [0.1, 0.15) is 11.5 Å². The molecular formula is C14H18BrNOS. The van der Waals surface area contributed by atoms with Gasteiger partial charge in [-0.2, -0.15) is 0 Å². The molecule has 2 aromatic heterocycles. The van der Waals surface area contributed by atoms with E-state index in [0.29, 0.717) is 12.1 Å². The van der Waals surface area contributed by atoms with E-state index in [0.717, 1.165) is 16.0 Å². The van der Waals surface area contributed by atoms with Crippen molar-refractivity contribution in [1.82, 2.24) is 5.32 Å². The third-order valence-corrected chi connectivity index (χ3v) is 4.94. The lowest BCUT2D eigenvalue weighted by Crippen LogP contribution is -2.21. The maximum Gasteiger partial charge on any atom is 0.105 e. The Morgan fingerprint density at radius 2 is 1.94 bits per heavy atom. The van der Waals surface area contributed by atoms with Crippen LogP contribution in [0.1, 0.15) is 47.9 Å². The highest BCUT2D eigenvalue weighted by molar-refractivity contribution is 9.10. The van der Waals surface area contributed by atoms with Crippen molar-refractivity contribution in [2.24, 2.45) is 0 Å². The Hall–Kier alpha value is -0.580. The lowest BCUT2D eigenvalue weighted by atomic mass is 10.1. The van der Waals surface area contributed by atoms with Gasteiger partial charge in [0.05, 0.1) is 0 Å². The Kier molecular flexibility index (Phi) is 4.30. The van der Waals surface area contributed by atoms with E-state index >= 15 is 0 Å². The van der Waals surface area contributed by atoms with E-state index in [1.54, 1.807) is 11.3 Å². The average molecular weight is 328 g/mol. The molecular weight excluding hydrogens is 310 g/mol. The second kappa shape index (κ2) is 5.59. The number of furan rings is 1. The van der Waals surface area contributed by atoms with Gasteiger partial charge in [0, 0.05) is 32.4 Å². The molecule has 18 heavy (non-hydrogen) atoms. The van der Waals surface area contributed by atoms with Crippen LogP contribution in [0.4, 0.5) is 0 Å². The summed E-state index contributed by atoms with van der Waals surface area (Å²) in [6.45, 7) is 8.38. The zero-order valence-corrected chi connectivity index (χ0v) is 13.5. The van der Waals surface area contributed by atoms with Crippen molar-refractivity contribution < 1.29 is 4.42 Å². The van der Waals surface area contributed by atoms with Gasteiger partial charge >= 0.3 is 0 Å². The predicted octanol–water partition coefficient (Wildman–Crippen LogP) is 5.13. The largest absolute Gasteiger partial charge is 0.466 e. The van der Waals surface area contributed by atoms with Crippen LogP contribution < -0.4 is 5.32 Å². The highest BCUT2D eigenvalue weighted by atomic mass is 79.9. The van der Waals surface area contributed by atoms with Crippen LogP contribution in [0.15, 0.2) is 26.4 Å². The number of hydrogen-bond donors (Lipinski definition) is 1. The lowest BCUT2D eigenvalue weighted by molar-refractivity contribution is 0.471. The van der Waals surface area contributed by atoms with Gasteiger partial charge in [-0.15, -0.1) is 11.3 Å². The summed E-state index contributed by atoms with van der Waals surface area (Å²) in [6.07, 6.45) is 0. The molecule has 0 saturated carbocycles. The Labute approximate surface area is 121 Å². The molecule has 0 amide bonds. The fourth-order valence-corrected chi connectivity index (χ4v) is 3.65. The zero-order chi connectivity index (χ0) is 13.3. The Bertz CT molecular complexity index is 532. The van der Waals surface area contributed by atoms with Gasteiger partial charge < -0.3 is 9.73 Å². The molecule has 0 spiro atoms. The Balaban J connectivity index is 2.07. The second-order valence-electron chi connectivity index (χ2n) is 4.65. The van der Waals surface area contributed by atoms with E-state index < -0.39 is 0 Å². The van der Waals surface area contributed by atoms with Gasteiger partial charge in [0.2, 0.25) is 0 Å². The molecule has 2 aromatic rings. The molecule has 2 atom stereocenters. The number of hydrogen-bond acceptors (Lipinski definition) is 3. The number of halogens is 1. The first-order valence-corrected chi connectivity index (χ1v) is 7.71. The number of thiophene rings is 1. The van der Waals surface area contributed by atoms with Crippen LogP contribution in [0.25, 0.3) is 0 Å². The minimum Gasteiger partial charge on any atom is -0.466 e. The smallest absolute Gasteiger partial charge is 0.105 e. The number of aryl methyl sites for hydroxylation is 2. The molecule has 0 fully saturated rings. The van der Waals surface area contributed by atoms with Gasteiger partial charge in [-0.25, -0.2) is 0 Å². The lowest BCUT2D eigenvalue weighted by Gasteiger charge is -2.18. The average Bonchev–Trinajstić information content (AvgIpc) is 2.84.